The van der Waals surface area contributed by atoms with Gasteiger partial charge in [-0.2, -0.15) is 13.9 Å². The standard InChI is InChI=1S/C23H26F2N6O/c24-22(25)19(13-26)15-31-23(32)30(16-28-31)14-18-3-1-2-4-21(18)17-5-7-20(8-6-17)29-11-9-27-10-12-29/h1-8,16,27H,9-15,26H2. The predicted molar refractivity (Wildman–Crippen MR) is 121 cm³/mol. The van der Waals surface area contributed by atoms with Crippen molar-refractivity contribution in [3.05, 3.63) is 82.6 Å². The van der Waals surface area contributed by atoms with Crippen molar-refractivity contribution in [3.63, 3.8) is 0 Å². The van der Waals surface area contributed by atoms with Crippen LogP contribution in [0.5, 0.6) is 0 Å². The van der Waals surface area contributed by atoms with Crippen molar-refractivity contribution < 1.29 is 8.78 Å². The van der Waals surface area contributed by atoms with E-state index >= 15 is 0 Å². The molecule has 32 heavy (non-hydrogen) atoms. The smallest absolute Gasteiger partial charge is 0.346 e. The molecule has 1 aliphatic heterocycles. The summed E-state index contributed by atoms with van der Waals surface area (Å²) in [6, 6.07) is 16.2. The molecule has 2 aromatic carbocycles. The summed E-state index contributed by atoms with van der Waals surface area (Å²) in [7, 11) is 0. The number of aromatic nitrogens is 3. The Labute approximate surface area is 184 Å². The van der Waals surface area contributed by atoms with Gasteiger partial charge in [0.1, 0.15) is 6.33 Å². The van der Waals surface area contributed by atoms with Crippen LogP contribution in [0.15, 0.2) is 71.3 Å². The van der Waals surface area contributed by atoms with E-state index in [1.165, 1.54) is 16.6 Å². The van der Waals surface area contributed by atoms with Gasteiger partial charge in [0.25, 0.3) is 6.08 Å². The van der Waals surface area contributed by atoms with Crippen molar-refractivity contribution in [2.75, 3.05) is 37.6 Å². The third-order valence-electron chi connectivity index (χ3n) is 5.67. The molecule has 0 aliphatic carbocycles. The Morgan fingerprint density at radius 3 is 2.47 bits per heavy atom. The minimum absolute atomic E-state index is 0.286. The zero-order valence-corrected chi connectivity index (χ0v) is 17.7. The van der Waals surface area contributed by atoms with Gasteiger partial charge < -0.3 is 16.0 Å². The van der Waals surface area contributed by atoms with E-state index in [4.69, 9.17) is 5.73 Å². The number of piperazine rings is 1. The van der Waals surface area contributed by atoms with Crippen LogP contribution in [-0.2, 0) is 13.1 Å². The van der Waals surface area contributed by atoms with Crippen LogP contribution in [0.4, 0.5) is 14.5 Å². The predicted octanol–water partition coefficient (Wildman–Crippen LogP) is 2.28. The quantitative estimate of drug-likeness (QED) is 0.589. The Hall–Kier alpha value is -3.30. The average molecular weight is 440 g/mol. The van der Waals surface area contributed by atoms with Crippen LogP contribution in [0, 0.1) is 0 Å². The summed E-state index contributed by atoms with van der Waals surface area (Å²) in [6.07, 6.45) is -0.500. The first-order valence-electron chi connectivity index (χ1n) is 10.6. The molecular weight excluding hydrogens is 414 g/mol. The first kappa shape index (κ1) is 21.9. The van der Waals surface area contributed by atoms with Gasteiger partial charge in [-0.05, 0) is 28.8 Å². The Balaban J connectivity index is 1.56. The molecule has 0 saturated carbocycles. The molecule has 0 amide bonds. The minimum Gasteiger partial charge on any atom is -0.369 e. The second kappa shape index (κ2) is 9.88. The first-order chi connectivity index (χ1) is 15.6. The van der Waals surface area contributed by atoms with Crippen LogP contribution in [-0.4, -0.2) is 47.1 Å². The number of nitrogens with two attached hydrogens (primary N) is 1. The van der Waals surface area contributed by atoms with E-state index in [1.54, 1.807) is 0 Å². The van der Waals surface area contributed by atoms with Gasteiger partial charge in [0.15, 0.2) is 0 Å². The Morgan fingerprint density at radius 1 is 1.06 bits per heavy atom. The zero-order valence-electron chi connectivity index (χ0n) is 17.7. The summed E-state index contributed by atoms with van der Waals surface area (Å²) in [6.45, 7) is 3.57. The topological polar surface area (TPSA) is 81.1 Å². The van der Waals surface area contributed by atoms with Crippen molar-refractivity contribution in [1.82, 2.24) is 19.7 Å². The highest BCUT2D eigenvalue weighted by Crippen LogP contribution is 2.27. The third kappa shape index (κ3) is 4.79. The molecule has 0 unspecified atom stereocenters. The fraction of sp³-hybridized carbons (Fsp3) is 0.304. The fourth-order valence-electron chi connectivity index (χ4n) is 3.87. The largest absolute Gasteiger partial charge is 0.369 e. The van der Waals surface area contributed by atoms with Gasteiger partial charge in [0.2, 0.25) is 0 Å². The molecule has 3 N–H and O–H groups in total. The summed E-state index contributed by atoms with van der Waals surface area (Å²) in [5, 5.41) is 7.34. The number of nitrogens with zero attached hydrogens (tertiary/aromatic N) is 4. The lowest BCUT2D eigenvalue weighted by atomic mass is 9.99. The van der Waals surface area contributed by atoms with Gasteiger partial charge in [0.05, 0.1) is 13.1 Å². The van der Waals surface area contributed by atoms with Crippen molar-refractivity contribution >= 4 is 5.69 Å². The van der Waals surface area contributed by atoms with Crippen LogP contribution >= 0.6 is 0 Å². The van der Waals surface area contributed by atoms with Gasteiger partial charge >= 0.3 is 5.69 Å². The molecule has 7 nitrogen and oxygen atoms in total. The lowest BCUT2D eigenvalue weighted by molar-refractivity contribution is 0.400. The maximum atomic E-state index is 12.9. The molecule has 0 atom stereocenters. The van der Waals surface area contributed by atoms with Crippen LogP contribution in [0.25, 0.3) is 11.1 Å². The third-order valence-corrected chi connectivity index (χ3v) is 5.67. The zero-order chi connectivity index (χ0) is 22.5. The lowest BCUT2D eigenvalue weighted by Gasteiger charge is -2.29. The van der Waals surface area contributed by atoms with Gasteiger partial charge in [-0.25, -0.2) is 9.48 Å². The fourth-order valence-corrected chi connectivity index (χ4v) is 3.87. The number of halogens is 2. The number of hydrogen-bond donors (Lipinski definition) is 2. The summed E-state index contributed by atoms with van der Waals surface area (Å²) < 4.78 is 28.2. The number of anilines is 1. The summed E-state index contributed by atoms with van der Waals surface area (Å²) in [4.78, 5) is 15.0. The Bertz CT molecular complexity index is 1140. The van der Waals surface area contributed by atoms with Crippen LogP contribution in [0.3, 0.4) is 0 Å². The number of nitrogens with one attached hydrogen (secondary N) is 1. The molecule has 1 aromatic heterocycles. The van der Waals surface area contributed by atoms with Crippen molar-refractivity contribution in [2.24, 2.45) is 5.73 Å². The second-order valence-electron chi connectivity index (χ2n) is 7.71. The van der Waals surface area contributed by atoms with E-state index in [0.717, 1.165) is 47.6 Å². The van der Waals surface area contributed by atoms with E-state index in [-0.39, 0.29) is 25.2 Å². The minimum atomic E-state index is -1.87. The van der Waals surface area contributed by atoms with Crippen LogP contribution in [0.2, 0.25) is 0 Å². The van der Waals surface area contributed by atoms with Crippen molar-refractivity contribution in [2.45, 2.75) is 13.1 Å². The number of hydrogen-bond acceptors (Lipinski definition) is 5. The monoisotopic (exact) mass is 440 g/mol. The highest BCUT2D eigenvalue weighted by atomic mass is 19.3. The van der Waals surface area contributed by atoms with E-state index in [1.807, 2.05) is 24.3 Å². The van der Waals surface area contributed by atoms with Crippen LogP contribution < -0.4 is 21.6 Å². The highest BCUT2D eigenvalue weighted by molar-refractivity contribution is 5.69. The number of benzene rings is 2. The normalized spacial score (nSPS) is 13.9. The van der Waals surface area contributed by atoms with Gasteiger partial charge in [0, 0.05) is 44.0 Å². The molecule has 0 bridgehead atoms. The SMILES string of the molecule is NCC(Cn1ncn(Cc2ccccc2-c2ccc(N3CCNCC3)cc2)c1=O)=C(F)F. The van der Waals surface area contributed by atoms with E-state index in [2.05, 4.69) is 39.6 Å². The van der Waals surface area contributed by atoms with Crippen molar-refractivity contribution in [1.29, 1.82) is 0 Å². The average Bonchev–Trinajstić information content (AvgIpc) is 3.17. The Morgan fingerprint density at radius 2 is 1.78 bits per heavy atom. The molecule has 1 aliphatic rings. The molecule has 2 heterocycles. The van der Waals surface area contributed by atoms with E-state index in [0.29, 0.717) is 0 Å². The molecule has 0 spiro atoms. The molecule has 9 heteroatoms. The van der Waals surface area contributed by atoms with Gasteiger partial charge in [-0.3, -0.25) is 4.57 Å². The summed E-state index contributed by atoms with van der Waals surface area (Å²) in [5.41, 5.74) is 8.78. The maximum absolute atomic E-state index is 12.9. The van der Waals surface area contributed by atoms with E-state index < -0.39 is 11.8 Å². The lowest BCUT2D eigenvalue weighted by Crippen LogP contribution is -2.43. The Kier molecular flexibility index (Phi) is 6.77. The molecule has 3 aromatic rings. The molecule has 1 fully saturated rings. The molecule has 168 valence electrons. The van der Waals surface area contributed by atoms with Crippen LogP contribution in [0.1, 0.15) is 5.56 Å². The summed E-state index contributed by atoms with van der Waals surface area (Å²) in [5.74, 6) is 0. The van der Waals surface area contributed by atoms with Gasteiger partial charge in [-0.1, -0.05) is 36.4 Å². The molecule has 4 rings (SSSR count). The maximum Gasteiger partial charge on any atom is 0.346 e. The highest BCUT2D eigenvalue weighted by Gasteiger charge is 2.14. The van der Waals surface area contributed by atoms with Crippen molar-refractivity contribution in [3.8, 4) is 11.1 Å². The molecule has 1 saturated heterocycles. The first-order valence-corrected chi connectivity index (χ1v) is 10.6. The van der Waals surface area contributed by atoms with Gasteiger partial charge in [-0.15, -0.1) is 0 Å². The molecule has 0 radical (unpaired) electrons. The summed E-state index contributed by atoms with van der Waals surface area (Å²) >= 11 is 0. The molecular formula is C23H26F2N6O. The second-order valence-corrected chi connectivity index (χ2v) is 7.71. The van der Waals surface area contributed by atoms with E-state index in [9.17, 15) is 13.6 Å². The number of rotatable bonds is 7.